The van der Waals surface area contributed by atoms with Crippen molar-refractivity contribution in [2.45, 2.75) is 13.8 Å². The number of aromatic nitrogens is 5. The molecule has 9 nitrogen and oxygen atoms in total. The molecule has 0 saturated heterocycles. The number of methoxy groups -OCH3 is 1. The van der Waals surface area contributed by atoms with E-state index < -0.39 is 11.2 Å². The number of halogens is 1. The first-order valence-corrected chi connectivity index (χ1v) is 12.2. The SMILES string of the molecule is COc1nc(-c2cccc(-c3cccc(Nc4ncnc5c4c(=O)n(C)c(=O)n5C)c3C)c2Cl)ccc1C. The van der Waals surface area contributed by atoms with Crippen LogP contribution >= 0.6 is 11.6 Å². The van der Waals surface area contributed by atoms with Gasteiger partial charge in [0.15, 0.2) is 5.65 Å². The summed E-state index contributed by atoms with van der Waals surface area (Å²) in [7, 11) is 4.59. The van der Waals surface area contributed by atoms with Gasteiger partial charge in [-0.05, 0) is 37.1 Å². The molecule has 3 heterocycles. The first-order valence-electron chi connectivity index (χ1n) is 11.8. The first-order chi connectivity index (χ1) is 18.2. The average Bonchev–Trinajstić information content (AvgIpc) is 2.92. The topological polar surface area (TPSA) is 104 Å². The van der Waals surface area contributed by atoms with Crippen molar-refractivity contribution in [2.24, 2.45) is 14.1 Å². The number of anilines is 2. The minimum absolute atomic E-state index is 0.223. The Bertz CT molecular complexity index is 1840. The minimum atomic E-state index is -0.475. The van der Waals surface area contributed by atoms with Gasteiger partial charge in [0, 0.05) is 36.5 Å². The van der Waals surface area contributed by atoms with Crippen LogP contribution in [0.5, 0.6) is 5.88 Å². The average molecular weight is 529 g/mol. The Labute approximate surface area is 223 Å². The van der Waals surface area contributed by atoms with Crippen molar-refractivity contribution in [3.8, 4) is 28.3 Å². The van der Waals surface area contributed by atoms with Gasteiger partial charge in [0.2, 0.25) is 5.88 Å². The smallest absolute Gasteiger partial charge is 0.332 e. The Morgan fingerprint density at radius 1 is 0.895 bits per heavy atom. The van der Waals surface area contributed by atoms with Gasteiger partial charge in [0.1, 0.15) is 17.5 Å². The number of ether oxygens (including phenoxy) is 1. The van der Waals surface area contributed by atoms with Gasteiger partial charge < -0.3 is 10.1 Å². The van der Waals surface area contributed by atoms with Crippen molar-refractivity contribution >= 4 is 34.1 Å². The monoisotopic (exact) mass is 528 g/mol. The van der Waals surface area contributed by atoms with E-state index in [1.54, 1.807) is 14.2 Å². The molecule has 0 aliphatic carbocycles. The van der Waals surface area contributed by atoms with Crippen LogP contribution in [0, 0.1) is 13.8 Å². The maximum absolute atomic E-state index is 13.0. The fraction of sp³-hybridized carbons (Fsp3) is 0.179. The van der Waals surface area contributed by atoms with E-state index in [0.29, 0.717) is 22.4 Å². The number of rotatable bonds is 5. The normalized spacial score (nSPS) is 11.1. The standard InChI is InChI=1S/C28H25ClN6O3/c1-15-12-13-21(33-26(15)38-5)19-10-6-9-18(23(19)29)17-8-7-11-20(16(17)2)32-24-22-25(31-14-30-24)34(3)28(37)35(4)27(22)36/h6-14H,1-5H3,(H,30,31,32). The molecule has 3 aromatic heterocycles. The van der Waals surface area contributed by atoms with E-state index in [1.807, 2.05) is 62.4 Å². The lowest BCUT2D eigenvalue weighted by Gasteiger charge is -2.17. The highest BCUT2D eigenvalue weighted by molar-refractivity contribution is 6.36. The molecule has 5 rings (SSSR count). The molecule has 0 aliphatic rings. The van der Waals surface area contributed by atoms with E-state index in [0.717, 1.165) is 38.1 Å². The van der Waals surface area contributed by atoms with E-state index in [9.17, 15) is 9.59 Å². The molecule has 0 atom stereocenters. The summed E-state index contributed by atoms with van der Waals surface area (Å²) in [5.74, 6) is 0.856. The second kappa shape index (κ2) is 9.75. The van der Waals surface area contributed by atoms with Gasteiger partial charge in [-0.1, -0.05) is 48.0 Å². The van der Waals surface area contributed by atoms with Crippen LogP contribution in [-0.4, -0.2) is 31.2 Å². The van der Waals surface area contributed by atoms with Gasteiger partial charge in [-0.25, -0.2) is 19.7 Å². The van der Waals surface area contributed by atoms with Crippen LogP contribution in [0.25, 0.3) is 33.4 Å². The fourth-order valence-corrected chi connectivity index (χ4v) is 4.81. The number of nitrogens with one attached hydrogen (secondary N) is 1. The van der Waals surface area contributed by atoms with E-state index in [1.165, 1.54) is 17.9 Å². The molecule has 0 bridgehead atoms. The number of hydrogen-bond donors (Lipinski definition) is 1. The van der Waals surface area contributed by atoms with Gasteiger partial charge >= 0.3 is 5.69 Å². The molecule has 5 aromatic rings. The van der Waals surface area contributed by atoms with E-state index in [2.05, 4.69) is 20.3 Å². The molecular formula is C28H25ClN6O3. The van der Waals surface area contributed by atoms with E-state index in [-0.39, 0.29) is 11.0 Å². The van der Waals surface area contributed by atoms with Crippen LogP contribution in [0.15, 0.2) is 64.4 Å². The first kappa shape index (κ1) is 25.2. The number of pyridine rings is 1. The molecule has 0 fully saturated rings. The number of fused-ring (bicyclic) bond motifs is 1. The number of nitrogens with zero attached hydrogens (tertiary/aromatic N) is 5. The van der Waals surface area contributed by atoms with Crippen molar-refractivity contribution in [3.05, 3.63) is 91.8 Å². The maximum atomic E-state index is 13.0. The van der Waals surface area contributed by atoms with Crippen LogP contribution < -0.4 is 21.3 Å². The summed E-state index contributed by atoms with van der Waals surface area (Å²) < 4.78 is 7.76. The van der Waals surface area contributed by atoms with E-state index >= 15 is 0 Å². The van der Waals surface area contributed by atoms with Crippen LogP contribution in [0.4, 0.5) is 11.5 Å². The highest BCUT2D eigenvalue weighted by Crippen LogP contribution is 2.39. The van der Waals surface area contributed by atoms with Crippen molar-refractivity contribution in [3.63, 3.8) is 0 Å². The third-order valence-corrected chi connectivity index (χ3v) is 7.04. The lowest BCUT2D eigenvalue weighted by Crippen LogP contribution is -2.37. The zero-order valence-electron chi connectivity index (χ0n) is 21.5. The highest BCUT2D eigenvalue weighted by Gasteiger charge is 2.18. The Morgan fingerprint density at radius 2 is 1.61 bits per heavy atom. The predicted octanol–water partition coefficient (Wildman–Crippen LogP) is 4.78. The molecule has 0 saturated carbocycles. The molecule has 2 aromatic carbocycles. The van der Waals surface area contributed by atoms with Gasteiger partial charge in [-0.3, -0.25) is 13.9 Å². The van der Waals surface area contributed by atoms with Gasteiger partial charge in [-0.2, -0.15) is 0 Å². The Kier molecular flexibility index (Phi) is 6.46. The largest absolute Gasteiger partial charge is 0.481 e. The summed E-state index contributed by atoms with van der Waals surface area (Å²) >= 11 is 6.95. The molecule has 0 amide bonds. The Morgan fingerprint density at radius 3 is 2.37 bits per heavy atom. The molecular weight excluding hydrogens is 504 g/mol. The lowest BCUT2D eigenvalue weighted by atomic mass is 9.96. The van der Waals surface area contributed by atoms with Crippen LogP contribution in [0.1, 0.15) is 11.1 Å². The number of benzene rings is 2. The second-order valence-corrected chi connectivity index (χ2v) is 9.30. The maximum Gasteiger partial charge on any atom is 0.332 e. The number of aryl methyl sites for hydroxylation is 2. The molecule has 38 heavy (non-hydrogen) atoms. The predicted molar refractivity (Wildman–Crippen MR) is 149 cm³/mol. The summed E-state index contributed by atoms with van der Waals surface area (Å²) in [5, 5.41) is 4.06. The van der Waals surface area contributed by atoms with Crippen molar-refractivity contribution < 1.29 is 4.74 Å². The second-order valence-electron chi connectivity index (χ2n) is 8.92. The summed E-state index contributed by atoms with van der Waals surface area (Å²) in [6, 6.07) is 15.5. The quantitative estimate of drug-likeness (QED) is 0.350. The summed E-state index contributed by atoms with van der Waals surface area (Å²) in [6.45, 7) is 3.90. The Balaban J connectivity index is 1.61. The van der Waals surface area contributed by atoms with Gasteiger partial charge in [0.25, 0.3) is 5.56 Å². The molecule has 0 unspecified atom stereocenters. The van der Waals surface area contributed by atoms with Gasteiger partial charge in [0.05, 0.1) is 17.8 Å². The third-order valence-electron chi connectivity index (χ3n) is 6.63. The van der Waals surface area contributed by atoms with Crippen LogP contribution in [0.3, 0.4) is 0 Å². The lowest BCUT2D eigenvalue weighted by molar-refractivity contribution is 0.395. The number of hydrogen-bond acceptors (Lipinski definition) is 7. The van der Waals surface area contributed by atoms with Gasteiger partial charge in [-0.15, -0.1) is 0 Å². The molecule has 0 radical (unpaired) electrons. The van der Waals surface area contributed by atoms with Crippen molar-refractivity contribution in [2.75, 3.05) is 12.4 Å². The molecule has 1 N–H and O–H groups in total. The summed E-state index contributed by atoms with van der Waals surface area (Å²) in [6.07, 6.45) is 1.33. The minimum Gasteiger partial charge on any atom is -0.481 e. The summed E-state index contributed by atoms with van der Waals surface area (Å²) in [5.41, 5.74) is 5.11. The molecule has 192 valence electrons. The third kappa shape index (κ3) is 4.10. The van der Waals surface area contributed by atoms with Crippen LogP contribution in [-0.2, 0) is 14.1 Å². The zero-order valence-corrected chi connectivity index (χ0v) is 22.3. The highest BCUT2D eigenvalue weighted by atomic mass is 35.5. The van der Waals surface area contributed by atoms with Crippen molar-refractivity contribution in [1.82, 2.24) is 24.1 Å². The fourth-order valence-electron chi connectivity index (χ4n) is 4.49. The zero-order chi connectivity index (χ0) is 27.1. The van der Waals surface area contributed by atoms with Crippen molar-refractivity contribution in [1.29, 1.82) is 0 Å². The Hall–Kier alpha value is -4.50. The molecule has 0 aliphatic heterocycles. The summed E-state index contributed by atoms with van der Waals surface area (Å²) in [4.78, 5) is 38.4. The van der Waals surface area contributed by atoms with Crippen LogP contribution in [0.2, 0.25) is 5.02 Å². The molecule has 10 heteroatoms. The van der Waals surface area contributed by atoms with E-state index in [4.69, 9.17) is 16.3 Å². The molecule has 0 spiro atoms.